The number of esters is 2. The lowest BCUT2D eigenvalue weighted by atomic mass is 9.77. The van der Waals surface area contributed by atoms with Crippen molar-refractivity contribution in [2.75, 3.05) is 7.11 Å². The highest BCUT2D eigenvalue weighted by Crippen LogP contribution is 2.58. The number of hydrogen-bond donors (Lipinski definition) is 1. The molecule has 2 fully saturated rings. The van der Waals surface area contributed by atoms with E-state index in [0.717, 1.165) is 0 Å². The molecule has 0 aromatic carbocycles. The minimum Gasteiger partial charge on any atom is -0.471 e. The van der Waals surface area contributed by atoms with Gasteiger partial charge in [-0.1, -0.05) is 6.08 Å². The number of rotatable bonds is 2. The summed E-state index contributed by atoms with van der Waals surface area (Å²) >= 11 is 0. The molecule has 0 bridgehead atoms. The van der Waals surface area contributed by atoms with E-state index in [1.165, 1.54) is 20.3 Å². The monoisotopic (exact) mass is 308 g/mol. The van der Waals surface area contributed by atoms with Crippen molar-refractivity contribution < 1.29 is 33.6 Å². The molecule has 22 heavy (non-hydrogen) atoms. The molecule has 7 heteroatoms. The molecular formula is C15H16O7. The SMILES string of the molecule is COC(=O)C1=CO[C@H]2O[C@H]3[C@H]([C@H](C)O)C(=O)O[C@@]34C=C[C@@H]1[C@H]24. The summed E-state index contributed by atoms with van der Waals surface area (Å²) in [7, 11) is 1.30. The molecule has 4 aliphatic rings. The molecule has 2 saturated heterocycles. The van der Waals surface area contributed by atoms with Gasteiger partial charge in [0.05, 0.1) is 31.0 Å². The molecule has 0 saturated carbocycles. The number of aliphatic hydroxyl groups is 1. The molecule has 4 rings (SSSR count). The summed E-state index contributed by atoms with van der Waals surface area (Å²) in [4.78, 5) is 24.0. The summed E-state index contributed by atoms with van der Waals surface area (Å²) in [6.07, 6.45) is 2.81. The lowest BCUT2D eigenvalue weighted by molar-refractivity contribution is -0.166. The fourth-order valence-electron chi connectivity index (χ4n) is 4.04. The van der Waals surface area contributed by atoms with Crippen molar-refractivity contribution >= 4 is 11.9 Å². The van der Waals surface area contributed by atoms with E-state index < -0.39 is 42.0 Å². The first-order valence-corrected chi connectivity index (χ1v) is 7.19. The van der Waals surface area contributed by atoms with Crippen LogP contribution in [0.1, 0.15) is 6.92 Å². The van der Waals surface area contributed by atoms with Gasteiger partial charge in [-0.05, 0) is 13.0 Å². The van der Waals surface area contributed by atoms with Crippen LogP contribution in [0.25, 0.3) is 0 Å². The Bertz CT molecular complexity index is 607. The minimum atomic E-state index is -0.985. The maximum atomic E-state index is 12.1. The van der Waals surface area contributed by atoms with Gasteiger partial charge >= 0.3 is 11.9 Å². The van der Waals surface area contributed by atoms with E-state index in [4.69, 9.17) is 18.9 Å². The molecule has 7 atom stereocenters. The van der Waals surface area contributed by atoms with Gasteiger partial charge in [0.1, 0.15) is 12.0 Å². The molecule has 0 unspecified atom stereocenters. The van der Waals surface area contributed by atoms with Gasteiger partial charge in [0, 0.05) is 5.92 Å². The molecule has 0 amide bonds. The van der Waals surface area contributed by atoms with Crippen molar-refractivity contribution in [1.82, 2.24) is 0 Å². The van der Waals surface area contributed by atoms with Crippen molar-refractivity contribution in [3.8, 4) is 0 Å². The van der Waals surface area contributed by atoms with Crippen molar-refractivity contribution in [1.29, 1.82) is 0 Å². The van der Waals surface area contributed by atoms with E-state index in [1.54, 1.807) is 6.08 Å². The van der Waals surface area contributed by atoms with Crippen LogP contribution in [0, 0.1) is 17.8 Å². The molecule has 0 radical (unpaired) electrons. The van der Waals surface area contributed by atoms with Gasteiger partial charge in [-0.25, -0.2) is 4.79 Å². The summed E-state index contributed by atoms with van der Waals surface area (Å²) in [5, 5.41) is 9.87. The number of carbonyl (C=O) groups is 2. The zero-order chi connectivity index (χ0) is 15.6. The lowest BCUT2D eigenvalue weighted by Crippen LogP contribution is -2.44. The Kier molecular flexibility index (Phi) is 2.71. The second-order valence-electron chi connectivity index (χ2n) is 6.08. The smallest absolute Gasteiger partial charge is 0.337 e. The highest BCUT2D eigenvalue weighted by Gasteiger charge is 2.72. The number of allylic oxidation sites excluding steroid dienone is 1. The van der Waals surface area contributed by atoms with Gasteiger partial charge in [-0.2, -0.15) is 0 Å². The number of hydrogen-bond acceptors (Lipinski definition) is 7. The molecule has 3 aliphatic heterocycles. The topological polar surface area (TPSA) is 91.3 Å². The van der Waals surface area contributed by atoms with Gasteiger partial charge in [0.25, 0.3) is 0 Å². The van der Waals surface area contributed by atoms with Gasteiger partial charge < -0.3 is 24.1 Å². The van der Waals surface area contributed by atoms with Crippen LogP contribution in [0.4, 0.5) is 0 Å². The van der Waals surface area contributed by atoms with Gasteiger partial charge in [0.2, 0.25) is 6.29 Å². The highest BCUT2D eigenvalue weighted by molar-refractivity contribution is 5.90. The Morgan fingerprint density at radius 3 is 2.95 bits per heavy atom. The molecule has 3 heterocycles. The Morgan fingerprint density at radius 1 is 1.50 bits per heavy atom. The van der Waals surface area contributed by atoms with Crippen LogP contribution in [-0.4, -0.2) is 48.3 Å². The highest BCUT2D eigenvalue weighted by atomic mass is 16.7. The number of aliphatic hydroxyl groups excluding tert-OH is 1. The molecular weight excluding hydrogens is 292 g/mol. The van der Waals surface area contributed by atoms with Crippen LogP contribution < -0.4 is 0 Å². The molecule has 0 aromatic rings. The predicted molar refractivity (Wildman–Crippen MR) is 70.0 cm³/mol. The first-order valence-electron chi connectivity index (χ1n) is 7.19. The molecule has 1 aliphatic carbocycles. The lowest BCUT2D eigenvalue weighted by Gasteiger charge is -2.32. The summed E-state index contributed by atoms with van der Waals surface area (Å²) in [5.41, 5.74) is -0.612. The summed E-state index contributed by atoms with van der Waals surface area (Å²) in [6.45, 7) is 1.53. The van der Waals surface area contributed by atoms with Gasteiger partial charge in [-0.3, -0.25) is 4.79 Å². The Hall–Kier alpha value is -1.86. The van der Waals surface area contributed by atoms with E-state index in [2.05, 4.69) is 0 Å². The second kappa shape index (κ2) is 4.33. The first kappa shape index (κ1) is 13.8. The minimum absolute atomic E-state index is 0.295. The second-order valence-corrected chi connectivity index (χ2v) is 6.08. The first-order chi connectivity index (χ1) is 10.5. The number of carbonyl (C=O) groups excluding carboxylic acids is 2. The van der Waals surface area contributed by atoms with E-state index in [-0.39, 0.29) is 11.8 Å². The fraction of sp³-hybridized carbons (Fsp3) is 0.600. The molecule has 1 N–H and O–H groups in total. The van der Waals surface area contributed by atoms with E-state index in [0.29, 0.717) is 5.57 Å². The van der Waals surface area contributed by atoms with Crippen LogP contribution in [0.3, 0.4) is 0 Å². The Labute approximate surface area is 126 Å². The largest absolute Gasteiger partial charge is 0.471 e. The van der Waals surface area contributed by atoms with Crippen LogP contribution in [0.5, 0.6) is 0 Å². The molecule has 7 nitrogen and oxygen atoms in total. The standard InChI is InChI=1S/C15H16O7/c1-6(16)9-11-15(22-13(9)18)4-3-7-8(12(17)19-2)5-20-14(21-11)10(7)15/h3-7,9-11,14,16H,1-2H3/t6-,7-,9-,10+,11-,14-,15+/m0/s1. The molecule has 1 spiro atoms. The third-order valence-electron chi connectivity index (χ3n) is 5.00. The van der Waals surface area contributed by atoms with E-state index >= 15 is 0 Å². The average Bonchev–Trinajstić information content (AvgIpc) is 3.07. The molecule has 118 valence electrons. The summed E-state index contributed by atoms with van der Waals surface area (Å²) < 4.78 is 21.7. The van der Waals surface area contributed by atoms with Crippen LogP contribution in [-0.2, 0) is 28.5 Å². The van der Waals surface area contributed by atoms with Gasteiger partial charge in [0.15, 0.2) is 5.60 Å². The van der Waals surface area contributed by atoms with Crippen molar-refractivity contribution in [2.45, 2.75) is 31.0 Å². The van der Waals surface area contributed by atoms with Crippen LogP contribution >= 0.6 is 0 Å². The van der Waals surface area contributed by atoms with Crippen LogP contribution in [0.2, 0.25) is 0 Å². The van der Waals surface area contributed by atoms with E-state index in [9.17, 15) is 14.7 Å². The third kappa shape index (κ3) is 1.47. The van der Waals surface area contributed by atoms with E-state index in [1.807, 2.05) is 6.08 Å². The van der Waals surface area contributed by atoms with Crippen molar-refractivity contribution in [2.24, 2.45) is 17.8 Å². The Morgan fingerprint density at radius 2 is 2.27 bits per heavy atom. The summed E-state index contributed by atoms with van der Waals surface area (Å²) in [5.74, 6) is -2.37. The quantitative estimate of drug-likeness (QED) is 0.562. The van der Waals surface area contributed by atoms with Crippen molar-refractivity contribution in [3.63, 3.8) is 0 Å². The Balaban J connectivity index is 1.74. The summed E-state index contributed by atoms with van der Waals surface area (Å²) in [6, 6.07) is 0. The zero-order valence-electron chi connectivity index (χ0n) is 12.1. The van der Waals surface area contributed by atoms with Crippen LogP contribution in [0.15, 0.2) is 24.0 Å². The number of methoxy groups -OCH3 is 1. The zero-order valence-corrected chi connectivity index (χ0v) is 12.1. The molecule has 0 aromatic heterocycles. The predicted octanol–water partition coefficient (Wildman–Crippen LogP) is -0.107. The fourth-order valence-corrected chi connectivity index (χ4v) is 4.04. The average molecular weight is 308 g/mol. The number of ether oxygens (including phenoxy) is 4. The normalized spacial score (nSPS) is 45.5. The third-order valence-corrected chi connectivity index (χ3v) is 5.00. The van der Waals surface area contributed by atoms with Crippen molar-refractivity contribution in [3.05, 3.63) is 24.0 Å². The maximum Gasteiger partial charge on any atom is 0.337 e. The van der Waals surface area contributed by atoms with Gasteiger partial charge in [-0.15, -0.1) is 0 Å². The maximum absolute atomic E-state index is 12.1.